The molecule has 1 heterocycles. The molecule has 0 aromatic heterocycles. The van der Waals surface area contributed by atoms with E-state index in [-0.39, 0.29) is 5.54 Å². The zero-order valence-corrected chi connectivity index (χ0v) is 12.5. The van der Waals surface area contributed by atoms with E-state index < -0.39 is 17.7 Å². The van der Waals surface area contributed by atoms with Crippen molar-refractivity contribution >= 4 is 0 Å². The Labute approximate surface area is 125 Å². The Kier molecular flexibility index (Phi) is 4.27. The van der Waals surface area contributed by atoms with Gasteiger partial charge in [-0.05, 0) is 44.8 Å². The van der Waals surface area contributed by atoms with Crippen LogP contribution in [0.15, 0.2) is 18.2 Å². The van der Waals surface area contributed by atoms with E-state index in [0.29, 0.717) is 5.56 Å². The van der Waals surface area contributed by atoms with Crippen molar-refractivity contribution in [3.05, 3.63) is 35.4 Å². The Balaban J connectivity index is 1.94. The van der Waals surface area contributed by atoms with E-state index >= 15 is 0 Å². The van der Waals surface area contributed by atoms with Crippen LogP contribution >= 0.6 is 0 Å². The molecule has 0 amide bonds. The second kappa shape index (κ2) is 6.01. The topological polar surface area (TPSA) is 29.3 Å². The molecule has 1 saturated carbocycles. The summed E-state index contributed by atoms with van der Waals surface area (Å²) in [6.45, 7) is 2.06. The second-order valence-electron chi connectivity index (χ2n) is 6.48. The molecule has 1 saturated heterocycles. The average Bonchev–Trinajstić information content (AvgIpc) is 3.01. The molecule has 1 aliphatic heterocycles. The molecule has 2 N–H and O–H groups in total. The summed E-state index contributed by atoms with van der Waals surface area (Å²) in [4.78, 5) is 2.46. The van der Waals surface area contributed by atoms with Gasteiger partial charge >= 0.3 is 0 Å². The van der Waals surface area contributed by atoms with Crippen LogP contribution in [0.1, 0.15) is 56.6 Å². The van der Waals surface area contributed by atoms with E-state index in [0.717, 1.165) is 44.8 Å². The third-order valence-electron chi connectivity index (χ3n) is 5.35. The minimum atomic E-state index is -0.797. The van der Waals surface area contributed by atoms with Gasteiger partial charge in [-0.2, -0.15) is 0 Å². The summed E-state index contributed by atoms with van der Waals surface area (Å²) in [6, 6.07) is 3.92. The van der Waals surface area contributed by atoms with Gasteiger partial charge in [0.05, 0.1) is 6.04 Å². The van der Waals surface area contributed by atoms with Gasteiger partial charge in [-0.25, -0.2) is 8.78 Å². The fraction of sp³-hybridized carbons (Fsp3) is 0.647. The molecular formula is C17H24F2N2. The molecule has 1 aromatic rings. The van der Waals surface area contributed by atoms with Gasteiger partial charge in [0.2, 0.25) is 0 Å². The predicted octanol–water partition coefficient (Wildman–Crippen LogP) is 3.76. The Morgan fingerprint density at radius 2 is 1.67 bits per heavy atom. The first-order chi connectivity index (χ1) is 10.1. The molecule has 0 spiro atoms. The summed E-state index contributed by atoms with van der Waals surface area (Å²) in [5.74, 6) is -1.57. The Morgan fingerprint density at radius 3 is 2.33 bits per heavy atom. The van der Waals surface area contributed by atoms with Crippen LogP contribution in [0.25, 0.3) is 0 Å². The molecule has 2 fully saturated rings. The molecule has 1 atom stereocenters. The van der Waals surface area contributed by atoms with Gasteiger partial charge in [-0.1, -0.05) is 31.4 Å². The first kappa shape index (κ1) is 14.9. The number of nitrogens with zero attached hydrogens (tertiary/aromatic N) is 1. The van der Waals surface area contributed by atoms with Gasteiger partial charge in [-0.15, -0.1) is 0 Å². The third-order valence-corrected chi connectivity index (χ3v) is 5.35. The van der Waals surface area contributed by atoms with Gasteiger partial charge in [0.25, 0.3) is 0 Å². The van der Waals surface area contributed by atoms with E-state index in [1.54, 1.807) is 12.1 Å². The van der Waals surface area contributed by atoms with Crippen molar-refractivity contribution in [1.29, 1.82) is 0 Å². The highest BCUT2D eigenvalue weighted by atomic mass is 19.2. The Hall–Kier alpha value is -1.00. The van der Waals surface area contributed by atoms with Crippen LogP contribution in [0.2, 0.25) is 0 Å². The Bertz CT molecular complexity index is 492. The second-order valence-corrected chi connectivity index (χ2v) is 6.48. The minimum Gasteiger partial charge on any atom is -0.322 e. The molecule has 0 radical (unpaired) electrons. The molecule has 116 valence electrons. The molecule has 1 aromatic carbocycles. The van der Waals surface area contributed by atoms with Crippen LogP contribution in [-0.4, -0.2) is 23.5 Å². The van der Waals surface area contributed by atoms with Crippen LogP contribution in [0, 0.1) is 11.6 Å². The maximum Gasteiger partial charge on any atom is 0.163 e. The third kappa shape index (κ3) is 2.59. The standard InChI is InChI=1S/C17H24F2N2/c18-14-8-6-7-13(15(14)19)16(20)17(9-2-3-10-17)21-11-4-1-5-12-21/h6-8,16H,1-5,9-12,20H2. The lowest BCUT2D eigenvalue weighted by Gasteiger charge is -2.47. The predicted molar refractivity (Wildman–Crippen MR) is 79.9 cm³/mol. The van der Waals surface area contributed by atoms with Crippen LogP contribution in [0.5, 0.6) is 0 Å². The summed E-state index contributed by atoms with van der Waals surface area (Å²) in [5.41, 5.74) is 6.64. The summed E-state index contributed by atoms with van der Waals surface area (Å²) >= 11 is 0. The maximum absolute atomic E-state index is 14.2. The lowest BCUT2D eigenvalue weighted by Crippen LogP contribution is -2.55. The summed E-state index contributed by atoms with van der Waals surface area (Å²) in [6.07, 6.45) is 7.85. The summed E-state index contributed by atoms with van der Waals surface area (Å²) in [5, 5.41) is 0. The van der Waals surface area contributed by atoms with Gasteiger partial charge < -0.3 is 5.73 Å². The van der Waals surface area contributed by atoms with Crippen LogP contribution in [0.3, 0.4) is 0 Å². The van der Waals surface area contributed by atoms with Crippen LogP contribution < -0.4 is 5.73 Å². The molecular weight excluding hydrogens is 270 g/mol. The van der Waals surface area contributed by atoms with Gasteiger partial charge in [0.15, 0.2) is 11.6 Å². The van der Waals surface area contributed by atoms with Crippen molar-refractivity contribution in [1.82, 2.24) is 4.90 Å². The molecule has 3 rings (SSSR count). The maximum atomic E-state index is 14.2. The van der Waals surface area contributed by atoms with E-state index in [2.05, 4.69) is 4.90 Å². The van der Waals surface area contributed by atoms with Crippen LogP contribution in [-0.2, 0) is 0 Å². The van der Waals surface area contributed by atoms with E-state index in [4.69, 9.17) is 5.73 Å². The molecule has 0 bridgehead atoms. The van der Waals surface area contributed by atoms with Crippen molar-refractivity contribution in [2.24, 2.45) is 5.73 Å². The van der Waals surface area contributed by atoms with Crippen LogP contribution in [0.4, 0.5) is 8.78 Å². The number of benzene rings is 1. The number of likely N-dealkylation sites (tertiary alicyclic amines) is 1. The first-order valence-corrected chi connectivity index (χ1v) is 8.10. The van der Waals surface area contributed by atoms with Crippen molar-refractivity contribution in [3.63, 3.8) is 0 Å². The van der Waals surface area contributed by atoms with E-state index in [1.165, 1.54) is 19.3 Å². The summed E-state index contributed by atoms with van der Waals surface area (Å²) in [7, 11) is 0. The lowest BCUT2D eigenvalue weighted by atomic mass is 9.81. The average molecular weight is 294 g/mol. The van der Waals surface area contributed by atoms with Gasteiger partial charge in [0.1, 0.15) is 0 Å². The minimum absolute atomic E-state index is 0.185. The number of rotatable bonds is 3. The largest absolute Gasteiger partial charge is 0.322 e. The number of nitrogens with two attached hydrogens (primary N) is 1. The SMILES string of the molecule is NC(c1cccc(F)c1F)C1(N2CCCCC2)CCCC1. The quantitative estimate of drug-likeness (QED) is 0.919. The molecule has 2 aliphatic rings. The fourth-order valence-electron chi connectivity index (χ4n) is 4.20. The van der Waals surface area contributed by atoms with Crippen molar-refractivity contribution in [2.75, 3.05) is 13.1 Å². The van der Waals surface area contributed by atoms with Gasteiger partial charge in [0, 0.05) is 11.1 Å². The number of hydrogen-bond acceptors (Lipinski definition) is 2. The zero-order chi connectivity index (χ0) is 14.9. The molecule has 1 aliphatic carbocycles. The van der Waals surface area contributed by atoms with Crippen molar-refractivity contribution in [2.45, 2.75) is 56.5 Å². The smallest absolute Gasteiger partial charge is 0.163 e. The van der Waals surface area contributed by atoms with E-state index in [1.807, 2.05) is 0 Å². The monoisotopic (exact) mass is 294 g/mol. The fourth-order valence-corrected chi connectivity index (χ4v) is 4.20. The number of halogens is 2. The number of piperidine rings is 1. The van der Waals surface area contributed by atoms with E-state index in [9.17, 15) is 8.78 Å². The van der Waals surface area contributed by atoms with Gasteiger partial charge in [-0.3, -0.25) is 4.90 Å². The summed E-state index contributed by atoms with van der Waals surface area (Å²) < 4.78 is 27.7. The zero-order valence-electron chi connectivity index (χ0n) is 12.5. The molecule has 1 unspecified atom stereocenters. The molecule has 21 heavy (non-hydrogen) atoms. The highest BCUT2D eigenvalue weighted by molar-refractivity contribution is 5.27. The van der Waals surface area contributed by atoms with Crippen molar-refractivity contribution in [3.8, 4) is 0 Å². The Morgan fingerprint density at radius 1 is 1.00 bits per heavy atom. The lowest BCUT2D eigenvalue weighted by molar-refractivity contribution is 0.0467. The molecule has 2 nitrogen and oxygen atoms in total. The highest BCUT2D eigenvalue weighted by Gasteiger charge is 2.46. The first-order valence-electron chi connectivity index (χ1n) is 8.10. The highest BCUT2D eigenvalue weighted by Crippen LogP contribution is 2.45. The molecule has 4 heteroatoms. The number of hydrogen-bond donors (Lipinski definition) is 1. The normalized spacial score (nSPS) is 24.1. The van der Waals surface area contributed by atoms with Crippen molar-refractivity contribution < 1.29 is 8.78 Å².